The molecule has 6 heteroatoms. The van der Waals surface area contributed by atoms with E-state index < -0.39 is 6.10 Å². The molecular weight excluding hydrogens is 363 g/mol. The second-order valence-electron chi connectivity index (χ2n) is 5.15. The molecule has 0 amide bonds. The molecule has 0 bridgehead atoms. The number of ether oxygens (including phenoxy) is 1. The number of benzene rings is 2. The molecule has 0 fully saturated rings. The third-order valence-corrected chi connectivity index (χ3v) is 3.90. The summed E-state index contributed by atoms with van der Waals surface area (Å²) in [6, 6.07) is 12.0. The van der Waals surface area contributed by atoms with Crippen LogP contribution in [0.4, 0.5) is 4.39 Å². The quantitative estimate of drug-likeness (QED) is 0.636. The van der Waals surface area contributed by atoms with Gasteiger partial charge >= 0.3 is 0 Å². The predicted octanol–water partition coefficient (Wildman–Crippen LogP) is 5.09. The largest absolute Gasteiger partial charge is 0.480 e. The maximum absolute atomic E-state index is 13.1. The zero-order valence-electron chi connectivity index (χ0n) is 12.6. The molecule has 0 aliphatic heterocycles. The van der Waals surface area contributed by atoms with Crippen LogP contribution in [0.2, 0.25) is 0 Å². The Kier molecular flexibility index (Phi) is 4.43. The zero-order valence-corrected chi connectivity index (χ0v) is 14.2. The van der Waals surface area contributed by atoms with E-state index in [9.17, 15) is 4.39 Å². The summed E-state index contributed by atoms with van der Waals surface area (Å²) in [5, 5.41) is 8.07. The number of aromatic nitrogens is 2. The van der Waals surface area contributed by atoms with Crippen molar-refractivity contribution < 1.29 is 13.5 Å². The molecule has 0 spiro atoms. The molecule has 1 atom stereocenters. The van der Waals surface area contributed by atoms with Crippen molar-refractivity contribution in [3.63, 3.8) is 0 Å². The highest BCUT2D eigenvalue weighted by atomic mass is 79.9. The molecular formula is C17H14BrFN2O2. The van der Waals surface area contributed by atoms with E-state index in [1.165, 1.54) is 12.1 Å². The summed E-state index contributed by atoms with van der Waals surface area (Å²) in [4.78, 5) is 0. The van der Waals surface area contributed by atoms with Gasteiger partial charge in [-0.1, -0.05) is 17.7 Å². The lowest BCUT2D eigenvalue weighted by Crippen LogP contribution is -2.04. The molecule has 0 N–H and O–H groups in total. The fourth-order valence-corrected chi connectivity index (χ4v) is 2.47. The van der Waals surface area contributed by atoms with Crippen LogP contribution >= 0.6 is 15.9 Å². The van der Waals surface area contributed by atoms with Gasteiger partial charge in [0.2, 0.25) is 5.89 Å². The smallest absolute Gasteiger partial charge is 0.257 e. The minimum Gasteiger partial charge on any atom is -0.480 e. The van der Waals surface area contributed by atoms with Crippen LogP contribution in [-0.4, -0.2) is 10.2 Å². The van der Waals surface area contributed by atoms with Gasteiger partial charge in [-0.25, -0.2) is 4.39 Å². The SMILES string of the molecule is Cc1ccc(-c2nnc(C(C)Oc3ccc(F)cc3Br)o2)cc1. The molecule has 2 aromatic carbocycles. The van der Waals surface area contributed by atoms with Gasteiger partial charge in [0, 0.05) is 5.56 Å². The Morgan fingerprint density at radius 1 is 1.13 bits per heavy atom. The molecule has 1 heterocycles. The van der Waals surface area contributed by atoms with Crippen molar-refractivity contribution in [2.45, 2.75) is 20.0 Å². The third kappa shape index (κ3) is 3.59. The van der Waals surface area contributed by atoms with Crippen molar-refractivity contribution in [2.24, 2.45) is 0 Å². The summed E-state index contributed by atoms with van der Waals surface area (Å²) in [6.45, 7) is 3.81. The van der Waals surface area contributed by atoms with Gasteiger partial charge in [0.15, 0.2) is 6.10 Å². The van der Waals surface area contributed by atoms with Crippen molar-refractivity contribution >= 4 is 15.9 Å². The van der Waals surface area contributed by atoms with Gasteiger partial charge < -0.3 is 9.15 Å². The van der Waals surface area contributed by atoms with E-state index >= 15 is 0 Å². The van der Waals surface area contributed by atoms with Crippen molar-refractivity contribution in [1.29, 1.82) is 0 Å². The van der Waals surface area contributed by atoms with E-state index in [4.69, 9.17) is 9.15 Å². The van der Waals surface area contributed by atoms with E-state index in [0.29, 0.717) is 22.0 Å². The van der Waals surface area contributed by atoms with Crippen LogP contribution in [0.3, 0.4) is 0 Å². The van der Waals surface area contributed by atoms with Crippen molar-refractivity contribution in [3.8, 4) is 17.2 Å². The minimum absolute atomic E-state index is 0.337. The molecule has 0 aliphatic rings. The summed E-state index contributed by atoms with van der Waals surface area (Å²) in [5.41, 5.74) is 2.01. The van der Waals surface area contributed by atoms with Crippen LogP contribution in [0, 0.1) is 12.7 Å². The highest BCUT2D eigenvalue weighted by Gasteiger charge is 2.17. The normalized spacial score (nSPS) is 12.2. The van der Waals surface area contributed by atoms with Crippen LogP contribution < -0.4 is 4.74 Å². The van der Waals surface area contributed by atoms with Crippen molar-refractivity contribution in [3.05, 3.63) is 64.2 Å². The molecule has 0 aliphatic carbocycles. The first-order chi connectivity index (χ1) is 11.0. The van der Waals surface area contributed by atoms with E-state index in [-0.39, 0.29) is 5.82 Å². The number of nitrogens with zero attached hydrogens (tertiary/aromatic N) is 2. The molecule has 1 aromatic heterocycles. The van der Waals surface area contributed by atoms with E-state index in [1.807, 2.05) is 31.2 Å². The maximum Gasteiger partial charge on any atom is 0.257 e. The first-order valence-corrected chi connectivity index (χ1v) is 7.84. The predicted molar refractivity (Wildman–Crippen MR) is 87.6 cm³/mol. The molecule has 0 radical (unpaired) electrons. The monoisotopic (exact) mass is 376 g/mol. The fraction of sp³-hybridized carbons (Fsp3) is 0.176. The highest BCUT2D eigenvalue weighted by Crippen LogP contribution is 2.30. The molecule has 3 aromatic rings. The first kappa shape index (κ1) is 15.7. The Hall–Kier alpha value is -2.21. The van der Waals surface area contributed by atoms with Gasteiger partial charge in [-0.05, 0) is 60.1 Å². The first-order valence-electron chi connectivity index (χ1n) is 7.05. The number of hydrogen-bond donors (Lipinski definition) is 0. The lowest BCUT2D eigenvalue weighted by atomic mass is 10.1. The Morgan fingerprint density at radius 3 is 2.57 bits per heavy atom. The summed E-state index contributed by atoms with van der Waals surface area (Å²) >= 11 is 3.27. The molecule has 23 heavy (non-hydrogen) atoms. The Balaban J connectivity index is 1.78. The zero-order chi connectivity index (χ0) is 16.4. The summed E-state index contributed by atoms with van der Waals surface area (Å²) < 4.78 is 25.0. The molecule has 0 saturated heterocycles. The Morgan fingerprint density at radius 2 is 1.87 bits per heavy atom. The number of hydrogen-bond acceptors (Lipinski definition) is 4. The van der Waals surface area contributed by atoms with Gasteiger partial charge in [0.05, 0.1) is 4.47 Å². The number of halogens is 2. The van der Waals surface area contributed by atoms with Gasteiger partial charge in [-0.3, -0.25) is 0 Å². The molecule has 1 unspecified atom stereocenters. The maximum atomic E-state index is 13.1. The molecule has 4 nitrogen and oxygen atoms in total. The average Bonchev–Trinajstić information content (AvgIpc) is 3.01. The Bertz CT molecular complexity index is 818. The van der Waals surface area contributed by atoms with Crippen molar-refractivity contribution in [1.82, 2.24) is 10.2 Å². The standard InChI is InChI=1S/C17H14BrFN2O2/c1-10-3-5-12(6-4-10)17-21-20-16(23-17)11(2)22-15-8-7-13(19)9-14(15)18/h3-9,11H,1-2H3. The van der Waals surface area contributed by atoms with Crippen LogP contribution in [-0.2, 0) is 0 Å². The third-order valence-electron chi connectivity index (χ3n) is 3.28. The average molecular weight is 377 g/mol. The van der Waals surface area contributed by atoms with Crippen LogP contribution in [0.5, 0.6) is 5.75 Å². The Labute approximate surface area is 141 Å². The lowest BCUT2D eigenvalue weighted by Gasteiger charge is -2.12. The second kappa shape index (κ2) is 6.50. The summed E-state index contributed by atoms with van der Waals surface area (Å²) in [7, 11) is 0. The molecule has 118 valence electrons. The molecule has 0 saturated carbocycles. The van der Waals surface area contributed by atoms with Gasteiger partial charge in [-0.15, -0.1) is 10.2 Å². The molecule has 3 rings (SSSR count). The highest BCUT2D eigenvalue weighted by molar-refractivity contribution is 9.10. The van der Waals surface area contributed by atoms with Crippen LogP contribution in [0.25, 0.3) is 11.5 Å². The summed E-state index contributed by atoms with van der Waals surface area (Å²) in [6.07, 6.45) is -0.455. The van der Waals surface area contributed by atoms with E-state index in [1.54, 1.807) is 13.0 Å². The minimum atomic E-state index is -0.455. The van der Waals surface area contributed by atoms with Crippen molar-refractivity contribution in [2.75, 3.05) is 0 Å². The van der Waals surface area contributed by atoms with E-state index in [0.717, 1.165) is 11.1 Å². The fourth-order valence-electron chi connectivity index (χ4n) is 2.02. The number of aryl methyl sites for hydroxylation is 1. The van der Waals surface area contributed by atoms with Crippen LogP contribution in [0.1, 0.15) is 24.5 Å². The summed E-state index contributed by atoms with van der Waals surface area (Å²) in [5.74, 6) is 0.968. The van der Waals surface area contributed by atoms with Gasteiger partial charge in [-0.2, -0.15) is 0 Å². The van der Waals surface area contributed by atoms with Crippen LogP contribution in [0.15, 0.2) is 51.4 Å². The lowest BCUT2D eigenvalue weighted by molar-refractivity contribution is 0.188. The van der Waals surface area contributed by atoms with E-state index in [2.05, 4.69) is 26.1 Å². The van der Waals surface area contributed by atoms with Gasteiger partial charge in [0.1, 0.15) is 11.6 Å². The number of rotatable bonds is 4. The topological polar surface area (TPSA) is 48.2 Å². The van der Waals surface area contributed by atoms with Gasteiger partial charge in [0.25, 0.3) is 5.89 Å². The second-order valence-corrected chi connectivity index (χ2v) is 6.00.